The van der Waals surface area contributed by atoms with Crippen LogP contribution < -0.4 is 4.74 Å². The zero-order chi connectivity index (χ0) is 22.7. The number of ether oxygens (including phenoxy) is 2. The molecular weight excluding hydrogens is 392 g/mol. The van der Waals surface area contributed by atoms with Crippen LogP contribution in [0.2, 0.25) is 18.1 Å². The number of benzene rings is 1. The number of aldehydes is 1. The van der Waals surface area contributed by atoms with E-state index in [9.17, 15) is 4.79 Å². The lowest BCUT2D eigenvalue weighted by molar-refractivity contribution is -0.121. The predicted molar refractivity (Wildman–Crippen MR) is 127 cm³/mol. The lowest BCUT2D eigenvalue weighted by Crippen LogP contribution is -2.48. The fourth-order valence-electron chi connectivity index (χ4n) is 4.08. The molecule has 1 aromatic rings. The highest BCUT2D eigenvalue weighted by Gasteiger charge is 2.39. The van der Waals surface area contributed by atoms with Crippen molar-refractivity contribution in [3.63, 3.8) is 0 Å². The van der Waals surface area contributed by atoms with E-state index in [1.54, 1.807) is 7.11 Å². The molecule has 5 heteroatoms. The average Bonchev–Trinajstić information content (AvgIpc) is 2.80. The van der Waals surface area contributed by atoms with Gasteiger partial charge < -0.3 is 18.7 Å². The molecule has 0 unspecified atom stereocenters. The molecule has 30 heavy (non-hydrogen) atoms. The molecular formula is C25H42O4Si. The summed E-state index contributed by atoms with van der Waals surface area (Å²) in [5.41, 5.74) is 1.06. The van der Waals surface area contributed by atoms with Crippen LogP contribution in [-0.2, 0) is 20.6 Å². The molecule has 0 saturated carbocycles. The lowest BCUT2D eigenvalue weighted by Gasteiger charge is -2.41. The minimum Gasteiger partial charge on any atom is -0.497 e. The van der Waals surface area contributed by atoms with Crippen molar-refractivity contribution < 1.29 is 18.7 Å². The van der Waals surface area contributed by atoms with Gasteiger partial charge in [0.1, 0.15) is 12.0 Å². The molecule has 0 radical (unpaired) electrons. The van der Waals surface area contributed by atoms with Gasteiger partial charge in [0.15, 0.2) is 8.32 Å². The number of methoxy groups -OCH3 is 1. The third-order valence-electron chi connectivity index (χ3n) is 6.58. The first-order valence-electron chi connectivity index (χ1n) is 11.3. The quantitative estimate of drug-likeness (QED) is 0.185. The van der Waals surface area contributed by atoms with Crippen LogP contribution in [0.1, 0.15) is 47.1 Å². The fraction of sp³-hybridized carbons (Fsp3) is 0.640. The monoisotopic (exact) mass is 434 g/mol. The second-order valence-electron chi connectivity index (χ2n) is 8.40. The van der Waals surface area contributed by atoms with Crippen LogP contribution in [0.25, 0.3) is 0 Å². The minimum absolute atomic E-state index is 0.0164. The Labute approximate surface area is 185 Å². The van der Waals surface area contributed by atoms with Crippen molar-refractivity contribution in [3.8, 4) is 5.75 Å². The predicted octanol–water partition coefficient (Wildman–Crippen LogP) is 6.26. The van der Waals surface area contributed by atoms with Gasteiger partial charge >= 0.3 is 0 Å². The molecule has 0 aromatic heterocycles. The van der Waals surface area contributed by atoms with Gasteiger partial charge in [0.2, 0.25) is 0 Å². The molecule has 1 aromatic carbocycles. The van der Waals surface area contributed by atoms with Gasteiger partial charge in [0, 0.05) is 11.8 Å². The molecule has 170 valence electrons. The first kappa shape index (κ1) is 26.6. The number of carbonyl (C=O) groups is 1. The van der Waals surface area contributed by atoms with Crippen molar-refractivity contribution in [1.29, 1.82) is 0 Å². The normalized spacial score (nSPS) is 16.9. The maximum atomic E-state index is 11.7. The number of hydrogen-bond donors (Lipinski definition) is 0. The molecule has 0 heterocycles. The van der Waals surface area contributed by atoms with Crippen LogP contribution in [-0.4, -0.2) is 33.9 Å². The van der Waals surface area contributed by atoms with Gasteiger partial charge in [-0.15, -0.1) is 6.58 Å². The Balaban J connectivity index is 3.08. The van der Waals surface area contributed by atoms with Gasteiger partial charge in [0.25, 0.3) is 0 Å². The Kier molecular flexibility index (Phi) is 11.6. The molecule has 0 amide bonds. The second kappa shape index (κ2) is 13.1. The number of hydrogen-bond acceptors (Lipinski definition) is 4. The van der Waals surface area contributed by atoms with Crippen LogP contribution in [0.5, 0.6) is 5.75 Å². The van der Waals surface area contributed by atoms with Crippen LogP contribution in [0.4, 0.5) is 0 Å². The van der Waals surface area contributed by atoms with Gasteiger partial charge in [-0.3, -0.25) is 0 Å². The van der Waals surface area contributed by atoms with Crippen LogP contribution >= 0.6 is 0 Å². The molecule has 0 aliphatic carbocycles. The molecule has 0 spiro atoms. The highest BCUT2D eigenvalue weighted by molar-refractivity contribution is 6.73. The third-order valence-corrected chi connectivity index (χ3v) is 11.2. The van der Waals surface area contributed by atoms with Crippen molar-refractivity contribution >= 4 is 14.6 Å². The van der Waals surface area contributed by atoms with E-state index in [4.69, 9.17) is 13.9 Å². The highest BCUT2D eigenvalue weighted by atomic mass is 28.4. The summed E-state index contributed by atoms with van der Waals surface area (Å²) in [4.78, 5) is 11.7. The highest BCUT2D eigenvalue weighted by Crippen LogP contribution is 2.33. The van der Waals surface area contributed by atoms with Gasteiger partial charge in [-0.25, -0.2) is 0 Å². The summed E-state index contributed by atoms with van der Waals surface area (Å²) < 4.78 is 18.5. The average molecular weight is 435 g/mol. The maximum Gasteiger partial charge on any atom is 0.192 e. The van der Waals surface area contributed by atoms with Crippen molar-refractivity contribution in [1.82, 2.24) is 0 Å². The number of carbonyl (C=O) groups excluding carboxylic acids is 1. The van der Waals surface area contributed by atoms with E-state index in [0.29, 0.717) is 6.61 Å². The van der Waals surface area contributed by atoms with E-state index in [0.717, 1.165) is 35.7 Å². The Morgan fingerprint density at radius 3 is 1.97 bits per heavy atom. The topological polar surface area (TPSA) is 44.8 Å². The van der Waals surface area contributed by atoms with Crippen molar-refractivity contribution in [2.24, 2.45) is 17.8 Å². The standard InChI is InChI=1S/C25H42O4Si/c1-9-19(5)25(29-30(10-2,11-3)12-4)21(7)24(20(6)17-26)28-18-22-13-15-23(27-8)16-14-22/h9,13-17,19-21,24-25H,1,10-12,18H2,2-8H3/t19-,20+,21+,24-,25+/m1/s1. The van der Waals surface area contributed by atoms with E-state index in [1.165, 1.54) is 0 Å². The summed E-state index contributed by atoms with van der Waals surface area (Å²) >= 11 is 0. The van der Waals surface area contributed by atoms with E-state index in [2.05, 4.69) is 41.2 Å². The van der Waals surface area contributed by atoms with Gasteiger partial charge in [-0.05, 0) is 41.7 Å². The summed E-state index contributed by atoms with van der Waals surface area (Å²) in [5, 5.41) is 0. The smallest absolute Gasteiger partial charge is 0.192 e. The zero-order valence-corrected chi connectivity index (χ0v) is 21.0. The summed E-state index contributed by atoms with van der Waals surface area (Å²) in [6.07, 6.45) is 2.72. The molecule has 0 saturated heterocycles. The minimum atomic E-state index is -1.82. The fourth-order valence-corrected chi connectivity index (χ4v) is 7.08. The SMILES string of the molecule is C=C[C@@H](C)[C@H](O[Si](CC)(CC)CC)[C@@H](C)[C@H](OCc1ccc(OC)cc1)[C@@H](C)C=O. The summed E-state index contributed by atoms with van der Waals surface area (Å²) in [6, 6.07) is 11.1. The van der Waals surface area contributed by atoms with E-state index >= 15 is 0 Å². The first-order chi connectivity index (χ1) is 14.3. The Morgan fingerprint density at radius 1 is 0.967 bits per heavy atom. The summed E-state index contributed by atoms with van der Waals surface area (Å²) in [5.74, 6) is 0.843. The van der Waals surface area contributed by atoms with Gasteiger partial charge in [-0.2, -0.15) is 0 Å². The number of rotatable bonds is 15. The molecule has 0 fully saturated rings. The molecule has 4 nitrogen and oxygen atoms in total. The zero-order valence-electron chi connectivity index (χ0n) is 20.0. The van der Waals surface area contributed by atoms with E-state index < -0.39 is 8.32 Å². The molecule has 1 rings (SSSR count). The largest absolute Gasteiger partial charge is 0.497 e. The van der Waals surface area contributed by atoms with E-state index in [-0.39, 0.29) is 30.0 Å². The Morgan fingerprint density at radius 2 is 1.53 bits per heavy atom. The third kappa shape index (κ3) is 7.07. The molecule has 0 bridgehead atoms. The summed E-state index contributed by atoms with van der Waals surface area (Å²) in [7, 11) is -0.161. The maximum absolute atomic E-state index is 11.7. The molecule has 0 N–H and O–H groups in total. The van der Waals surface area contributed by atoms with Crippen molar-refractivity contribution in [3.05, 3.63) is 42.5 Å². The van der Waals surface area contributed by atoms with Crippen molar-refractivity contribution in [2.75, 3.05) is 7.11 Å². The molecule has 5 atom stereocenters. The van der Waals surface area contributed by atoms with Gasteiger partial charge in [0.05, 0.1) is 25.9 Å². The molecule has 0 aliphatic rings. The lowest BCUT2D eigenvalue weighted by atomic mass is 9.84. The van der Waals surface area contributed by atoms with Crippen LogP contribution in [0.3, 0.4) is 0 Å². The first-order valence-corrected chi connectivity index (χ1v) is 13.8. The van der Waals surface area contributed by atoms with Crippen molar-refractivity contribution in [2.45, 2.75) is 78.5 Å². The van der Waals surface area contributed by atoms with E-state index in [1.807, 2.05) is 37.3 Å². The summed E-state index contributed by atoms with van der Waals surface area (Å²) in [6.45, 7) is 17.4. The van der Waals surface area contributed by atoms with Crippen LogP contribution in [0, 0.1) is 17.8 Å². The van der Waals surface area contributed by atoms with Gasteiger partial charge in [-0.1, -0.05) is 59.8 Å². The second-order valence-corrected chi connectivity index (χ2v) is 13.1. The Hall–Kier alpha value is -1.43. The molecule has 0 aliphatic heterocycles. The Bertz CT molecular complexity index is 618. The van der Waals surface area contributed by atoms with Crippen LogP contribution in [0.15, 0.2) is 36.9 Å².